The van der Waals surface area contributed by atoms with E-state index in [0.717, 1.165) is 54.1 Å². The third-order valence-electron chi connectivity index (χ3n) is 7.59. The van der Waals surface area contributed by atoms with E-state index in [9.17, 15) is 4.79 Å². The lowest BCUT2D eigenvalue weighted by Gasteiger charge is -2.45. The largest absolute Gasteiger partial charge is 0.492 e. The molecule has 3 aliphatic rings. The maximum atomic E-state index is 10.3. The molecule has 4 heterocycles. The van der Waals surface area contributed by atoms with Crippen LogP contribution in [-0.4, -0.2) is 71.2 Å². The first-order chi connectivity index (χ1) is 18.6. The summed E-state index contributed by atoms with van der Waals surface area (Å²) in [4.78, 5) is 26.1. The number of fused-ring (bicyclic) bond motifs is 3. The second-order valence-electron chi connectivity index (χ2n) is 10.1. The first kappa shape index (κ1) is 26.4. The molecule has 2 aliphatic heterocycles. The van der Waals surface area contributed by atoms with E-state index in [0.29, 0.717) is 29.6 Å². The molecule has 2 fully saturated rings. The van der Waals surface area contributed by atoms with Gasteiger partial charge in [-0.05, 0) is 70.2 Å². The van der Waals surface area contributed by atoms with Crippen molar-refractivity contribution in [1.29, 1.82) is 5.41 Å². The zero-order valence-corrected chi connectivity index (χ0v) is 22.9. The number of hydrogen-bond donors (Lipinski definition) is 3. The monoisotopic (exact) mass is 535 g/mol. The molecule has 6 rings (SSSR count). The summed E-state index contributed by atoms with van der Waals surface area (Å²) in [7, 11) is 0. The normalized spacial score (nSPS) is 17.7. The molecule has 0 bridgehead atoms. The molecule has 0 atom stereocenters. The van der Waals surface area contributed by atoms with Crippen molar-refractivity contribution < 1.29 is 9.53 Å². The highest BCUT2D eigenvalue weighted by atomic mass is 32.1. The van der Waals surface area contributed by atoms with Gasteiger partial charge in [-0.2, -0.15) is 0 Å². The molecule has 0 radical (unpaired) electrons. The molecule has 1 aliphatic carbocycles. The Labute approximate surface area is 227 Å². The molecule has 3 aromatic rings. The molecule has 0 spiro atoms. The van der Waals surface area contributed by atoms with Crippen LogP contribution in [0.3, 0.4) is 0 Å². The number of carbonyl (C=O) groups excluding carboxylic acids is 1. The molecule has 4 N–H and O–H groups in total. The van der Waals surface area contributed by atoms with Crippen LogP contribution >= 0.6 is 11.3 Å². The van der Waals surface area contributed by atoms with Gasteiger partial charge in [0.2, 0.25) is 6.41 Å². The van der Waals surface area contributed by atoms with Crippen LogP contribution in [-0.2, 0) is 17.6 Å². The van der Waals surface area contributed by atoms with Crippen LogP contribution in [0.15, 0.2) is 18.5 Å². The second-order valence-corrected chi connectivity index (χ2v) is 11.2. The molecule has 9 nitrogen and oxygen atoms in total. The topological polar surface area (TPSA) is 120 Å². The van der Waals surface area contributed by atoms with Crippen LogP contribution in [0.4, 0.5) is 17.2 Å². The van der Waals surface area contributed by atoms with Crippen molar-refractivity contribution in [3.8, 4) is 5.75 Å². The Bertz CT molecular complexity index is 1280. The van der Waals surface area contributed by atoms with Gasteiger partial charge in [-0.15, -0.1) is 11.3 Å². The number of ether oxygens (including phenoxy) is 1. The van der Waals surface area contributed by atoms with Gasteiger partial charge in [0.05, 0.1) is 17.7 Å². The smallest absolute Gasteiger partial charge is 0.209 e. The van der Waals surface area contributed by atoms with E-state index in [2.05, 4.69) is 20.2 Å². The first-order valence-corrected chi connectivity index (χ1v) is 14.4. The second kappa shape index (κ2) is 12.1. The number of hydrogen-bond acceptors (Lipinski definition) is 9. The number of nitrogens with one attached hydrogen (secondary N) is 2. The Morgan fingerprint density at radius 3 is 2.68 bits per heavy atom. The van der Waals surface area contributed by atoms with E-state index in [1.807, 2.05) is 17.9 Å². The average molecular weight is 536 g/mol. The van der Waals surface area contributed by atoms with E-state index >= 15 is 0 Å². The number of amides is 1. The summed E-state index contributed by atoms with van der Waals surface area (Å²) in [6.07, 6.45) is 12.5. The third-order valence-corrected chi connectivity index (χ3v) is 8.79. The number of rotatable bonds is 7. The summed E-state index contributed by atoms with van der Waals surface area (Å²) < 4.78 is 5.74. The van der Waals surface area contributed by atoms with Gasteiger partial charge in [0, 0.05) is 47.5 Å². The zero-order valence-electron chi connectivity index (χ0n) is 22.0. The number of benzene rings is 1. The van der Waals surface area contributed by atoms with Crippen LogP contribution in [0.1, 0.15) is 55.0 Å². The van der Waals surface area contributed by atoms with Crippen LogP contribution in [0, 0.1) is 5.41 Å². The number of thiophene rings is 1. The van der Waals surface area contributed by atoms with Crippen molar-refractivity contribution in [1.82, 2.24) is 19.8 Å². The van der Waals surface area contributed by atoms with Crippen molar-refractivity contribution in [2.75, 3.05) is 43.8 Å². The molecule has 202 valence electrons. The molecular weight excluding hydrogens is 498 g/mol. The van der Waals surface area contributed by atoms with Crippen LogP contribution in [0.5, 0.6) is 5.75 Å². The maximum Gasteiger partial charge on any atom is 0.209 e. The summed E-state index contributed by atoms with van der Waals surface area (Å²) in [6, 6.07) is 4.27. The number of piperidine rings is 1. The number of nitrogens with zero attached hydrogens (tertiary/aromatic N) is 4. The fourth-order valence-electron chi connectivity index (χ4n) is 5.51. The van der Waals surface area contributed by atoms with Crippen molar-refractivity contribution >= 4 is 51.4 Å². The molecule has 10 heteroatoms. The number of nitrogen functional groups attached to an aromatic ring is 1. The maximum absolute atomic E-state index is 10.3. The molecule has 38 heavy (non-hydrogen) atoms. The summed E-state index contributed by atoms with van der Waals surface area (Å²) in [5.74, 6) is 1.45. The summed E-state index contributed by atoms with van der Waals surface area (Å²) in [5.41, 5.74) is 9.31. The lowest BCUT2D eigenvalue weighted by Crippen LogP contribution is -2.59. The van der Waals surface area contributed by atoms with Crippen LogP contribution in [0.2, 0.25) is 0 Å². The quantitative estimate of drug-likeness (QED) is 0.230. The molecule has 1 amide bonds. The Morgan fingerprint density at radius 2 is 1.95 bits per heavy atom. The van der Waals surface area contributed by atoms with Gasteiger partial charge in [0.15, 0.2) is 0 Å². The number of aryl methyl sites for hydroxylation is 2. The van der Waals surface area contributed by atoms with Gasteiger partial charge in [0.1, 0.15) is 22.7 Å². The van der Waals surface area contributed by atoms with Gasteiger partial charge in [0.25, 0.3) is 0 Å². The highest BCUT2D eigenvalue weighted by molar-refractivity contribution is 7.19. The standard InChI is InChI=1S/C19H21N5OS.C9H16N2O/c1-2-25-15-8-13(21)11(9-20)7-14(15)24-18-17-12-5-3-4-6-16(12)26-19(17)23-10-22-18;12-8-10-6-9(7-10)11-4-2-1-3-5-11/h7-10,20H,2-6,21H2,1H3,(H,22,23,24);8-9H,1-7H2. The van der Waals surface area contributed by atoms with E-state index in [4.69, 9.17) is 15.9 Å². The molecular formula is C28H37N7O2S. The van der Waals surface area contributed by atoms with Crippen LogP contribution < -0.4 is 15.8 Å². The minimum atomic E-state index is 0.523. The number of aromatic nitrogens is 2. The highest BCUT2D eigenvalue weighted by Gasteiger charge is 2.31. The lowest BCUT2D eigenvalue weighted by molar-refractivity contribution is -0.125. The minimum Gasteiger partial charge on any atom is -0.492 e. The fourth-order valence-corrected chi connectivity index (χ4v) is 6.74. The van der Waals surface area contributed by atoms with Gasteiger partial charge >= 0.3 is 0 Å². The van der Waals surface area contributed by atoms with Crippen molar-refractivity contribution in [3.05, 3.63) is 34.5 Å². The Kier molecular flexibility index (Phi) is 8.38. The molecule has 0 unspecified atom stereocenters. The fraction of sp³-hybridized carbons (Fsp3) is 0.500. The lowest BCUT2D eigenvalue weighted by atomic mass is 9.97. The van der Waals surface area contributed by atoms with E-state index in [-0.39, 0.29) is 0 Å². The van der Waals surface area contributed by atoms with Gasteiger partial charge in [-0.1, -0.05) is 6.42 Å². The Hall–Kier alpha value is -3.24. The van der Waals surface area contributed by atoms with E-state index < -0.39 is 0 Å². The Morgan fingerprint density at radius 1 is 1.16 bits per heavy atom. The number of carbonyl (C=O) groups is 1. The first-order valence-electron chi connectivity index (χ1n) is 13.6. The predicted molar refractivity (Wildman–Crippen MR) is 154 cm³/mol. The van der Waals surface area contributed by atoms with Gasteiger partial charge in [-0.25, -0.2) is 9.97 Å². The molecule has 2 saturated heterocycles. The molecule has 2 aromatic heterocycles. The summed E-state index contributed by atoms with van der Waals surface area (Å²) >= 11 is 1.77. The average Bonchev–Trinajstić information content (AvgIpc) is 3.30. The SMILES string of the molecule is CCOc1cc(N)c(C=N)cc1Nc1ncnc2sc3c(c12)CCCC3.O=CN1CC(N2CCCCC2)C1. The third kappa shape index (κ3) is 5.61. The predicted octanol–water partition coefficient (Wildman–Crippen LogP) is 4.61. The van der Waals surface area contributed by atoms with Crippen molar-refractivity contribution in [2.24, 2.45) is 0 Å². The number of nitrogens with two attached hydrogens (primary N) is 1. The van der Waals surface area contributed by atoms with E-state index in [1.54, 1.807) is 23.7 Å². The summed E-state index contributed by atoms with van der Waals surface area (Å²) in [5, 5.41) is 12.1. The molecule has 0 saturated carbocycles. The van der Waals surface area contributed by atoms with Crippen molar-refractivity contribution in [2.45, 2.75) is 57.9 Å². The van der Waals surface area contributed by atoms with Crippen molar-refractivity contribution in [3.63, 3.8) is 0 Å². The van der Waals surface area contributed by atoms with Gasteiger partial charge in [-0.3, -0.25) is 9.69 Å². The highest BCUT2D eigenvalue weighted by Crippen LogP contribution is 2.40. The van der Waals surface area contributed by atoms with Gasteiger partial charge < -0.3 is 26.1 Å². The van der Waals surface area contributed by atoms with Crippen LogP contribution in [0.25, 0.3) is 10.2 Å². The number of anilines is 3. The number of likely N-dealkylation sites (tertiary alicyclic amines) is 2. The minimum absolute atomic E-state index is 0.523. The summed E-state index contributed by atoms with van der Waals surface area (Å²) in [6.45, 7) is 6.88. The Balaban J connectivity index is 0.000000204. The zero-order chi connectivity index (χ0) is 26.5. The molecule has 1 aromatic carbocycles. The van der Waals surface area contributed by atoms with E-state index in [1.165, 1.54) is 61.8 Å².